The summed E-state index contributed by atoms with van der Waals surface area (Å²) < 4.78 is 39.5. The molecule has 4 rings (SSSR count). The first-order valence-corrected chi connectivity index (χ1v) is 12.4. The second kappa shape index (κ2) is 8.52. The fourth-order valence-corrected chi connectivity index (χ4v) is 4.86. The van der Waals surface area contributed by atoms with Crippen molar-refractivity contribution in [1.29, 1.82) is 0 Å². The van der Waals surface area contributed by atoms with E-state index in [0.29, 0.717) is 39.2 Å². The number of hydrogen-bond acceptors (Lipinski definition) is 7. The molecular weight excluding hydrogens is 458 g/mol. The number of carbonyl (C=O) groups is 1. The molecule has 0 spiro atoms. The Hall–Kier alpha value is -3.24. The van der Waals surface area contributed by atoms with Gasteiger partial charge in [-0.3, -0.25) is 4.79 Å². The van der Waals surface area contributed by atoms with E-state index in [1.54, 1.807) is 12.1 Å². The summed E-state index contributed by atoms with van der Waals surface area (Å²) in [6.07, 6.45) is 0.182. The molecule has 0 saturated heterocycles. The van der Waals surface area contributed by atoms with Crippen molar-refractivity contribution in [2.45, 2.75) is 57.4 Å². The van der Waals surface area contributed by atoms with Crippen molar-refractivity contribution in [2.24, 2.45) is 5.92 Å². The lowest BCUT2D eigenvalue weighted by atomic mass is 9.97. The highest BCUT2D eigenvalue weighted by atomic mass is 32.2. The molecule has 0 amide bonds. The maximum atomic E-state index is 12.9. The van der Waals surface area contributed by atoms with E-state index < -0.39 is 22.0 Å². The molecule has 2 aromatic carbocycles. The fourth-order valence-electron chi connectivity index (χ4n) is 3.63. The Kier molecular flexibility index (Phi) is 5.99. The molecule has 0 aliphatic heterocycles. The summed E-state index contributed by atoms with van der Waals surface area (Å²) in [4.78, 5) is 16.0. The monoisotopic (exact) mass is 485 g/mol. The molecule has 4 aromatic rings. The lowest BCUT2D eigenvalue weighted by Crippen LogP contribution is -2.41. The Morgan fingerprint density at radius 1 is 1.09 bits per heavy atom. The van der Waals surface area contributed by atoms with Gasteiger partial charge >= 0.3 is 5.97 Å². The predicted molar refractivity (Wildman–Crippen MR) is 127 cm³/mol. The number of carboxylic acids is 1. The molecule has 2 heterocycles. The molecule has 180 valence electrons. The molecule has 0 aliphatic carbocycles. The Morgan fingerprint density at radius 3 is 2.44 bits per heavy atom. The minimum absolute atomic E-state index is 0.0111. The van der Waals surface area contributed by atoms with Gasteiger partial charge in [-0.25, -0.2) is 8.42 Å². The van der Waals surface area contributed by atoms with Crippen LogP contribution >= 0.6 is 0 Å². The van der Waals surface area contributed by atoms with Gasteiger partial charge in [-0.2, -0.15) is 9.71 Å². The van der Waals surface area contributed by atoms with Crippen LogP contribution in [0.2, 0.25) is 0 Å². The van der Waals surface area contributed by atoms with E-state index >= 15 is 0 Å². The normalized spacial score (nSPS) is 13.7. The van der Waals surface area contributed by atoms with Gasteiger partial charge in [-0.05, 0) is 42.7 Å². The average molecular weight is 486 g/mol. The van der Waals surface area contributed by atoms with Crippen LogP contribution in [0.1, 0.15) is 46.9 Å². The predicted octanol–water partition coefficient (Wildman–Crippen LogP) is 4.71. The quantitative estimate of drug-likeness (QED) is 0.384. The molecule has 0 bridgehead atoms. The zero-order valence-corrected chi connectivity index (χ0v) is 20.4. The molecule has 0 fully saturated rings. The Labute approximate surface area is 197 Å². The molecule has 2 N–H and O–H groups in total. The Bertz CT molecular complexity index is 1480. The van der Waals surface area contributed by atoms with Crippen LogP contribution in [0, 0.1) is 5.92 Å². The van der Waals surface area contributed by atoms with Crippen molar-refractivity contribution in [3.05, 3.63) is 42.3 Å². The number of furan rings is 1. The number of benzene rings is 2. The number of carboxylic acid groups (broad SMARTS) is 1. The van der Waals surface area contributed by atoms with Gasteiger partial charge < -0.3 is 14.0 Å². The van der Waals surface area contributed by atoms with E-state index in [0.717, 1.165) is 0 Å². The topological polar surface area (TPSA) is 136 Å². The summed E-state index contributed by atoms with van der Waals surface area (Å²) in [6, 6.07) is 8.65. The highest BCUT2D eigenvalue weighted by Crippen LogP contribution is 2.33. The number of sulfonamides is 1. The molecule has 0 unspecified atom stereocenters. The van der Waals surface area contributed by atoms with E-state index in [4.69, 9.17) is 8.94 Å². The van der Waals surface area contributed by atoms with Gasteiger partial charge in [-0.15, -0.1) is 0 Å². The molecule has 0 saturated carbocycles. The van der Waals surface area contributed by atoms with Gasteiger partial charge in [0.2, 0.25) is 21.7 Å². The smallest absolute Gasteiger partial charge is 0.321 e. The highest BCUT2D eigenvalue weighted by Gasteiger charge is 2.27. The van der Waals surface area contributed by atoms with Gasteiger partial charge in [0.25, 0.3) is 0 Å². The number of aromatic nitrogens is 2. The Morgan fingerprint density at radius 2 is 1.82 bits per heavy atom. The van der Waals surface area contributed by atoms with Gasteiger partial charge in [-0.1, -0.05) is 45.8 Å². The lowest BCUT2D eigenvalue weighted by Gasteiger charge is -2.16. The van der Waals surface area contributed by atoms with E-state index in [1.165, 1.54) is 12.1 Å². The first-order valence-electron chi connectivity index (χ1n) is 10.9. The second-order valence-corrected chi connectivity index (χ2v) is 11.5. The SMILES string of the molecule is CC(C)C[C@H](NS(=O)(=O)c1ccc2oc3cc(-c4noc(C(C)(C)C)n4)ccc3c2c1)C(=O)O. The number of fused-ring (bicyclic) bond motifs is 3. The third-order valence-corrected chi connectivity index (χ3v) is 6.85. The zero-order chi connectivity index (χ0) is 24.8. The number of nitrogens with zero attached hydrogens (tertiary/aromatic N) is 2. The van der Waals surface area contributed by atoms with Gasteiger partial charge in [0.15, 0.2) is 0 Å². The van der Waals surface area contributed by atoms with Crippen LogP contribution in [0.4, 0.5) is 0 Å². The van der Waals surface area contributed by atoms with E-state index in [-0.39, 0.29) is 22.6 Å². The third-order valence-electron chi connectivity index (χ3n) is 5.38. The van der Waals surface area contributed by atoms with Crippen LogP contribution in [0.15, 0.2) is 50.2 Å². The largest absolute Gasteiger partial charge is 0.480 e. The zero-order valence-electron chi connectivity index (χ0n) is 19.6. The molecule has 0 radical (unpaired) electrons. The van der Waals surface area contributed by atoms with Crippen molar-refractivity contribution in [3.8, 4) is 11.4 Å². The first-order chi connectivity index (χ1) is 15.8. The molecule has 1 atom stereocenters. The second-order valence-electron chi connectivity index (χ2n) is 9.79. The van der Waals surface area contributed by atoms with Crippen LogP contribution in [-0.2, 0) is 20.2 Å². The number of aliphatic carboxylic acids is 1. The van der Waals surface area contributed by atoms with Crippen LogP contribution in [0.3, 0.4) is 0 Å². The van der Waals surface area contributed by atoms with Gasteiger partial charge in [0.1, 0.15) is 17.2 Å². The van der Waals surface area contributed by atoms with Crippen LogP contribution in [0.25, 0.3) is 33.3 Å². The van der Waals surface area contributed by atoms with E-state index in [9.17, 15) is 18.3 Å². The summed E-state index contributed by atoms with van der Waals surface area (Å²) in [6.45, 7) is 9.61. The summed E-state index contributed by atoms with van der Waals surface area (Å²) in [5, 5.41) is 14.8. The summed E-state index contributed by atoms with van der Waals surface area (Å²) in [5.41, 5.74) is 1.48. The molecule has 9 nitrogen and oxygen atoms in total. The van der Waals surface area contributed by atoms with Crippen molar-refractivity contribution in [1.82, 2.24) is 14.9 Å². The van der Waals surface area contributed by atoms with Crippen molar-refractivity contribution in [2.75, 3.05) is 0 Å². The minimum atomic E-state index is -4.06. The molecule has 10 heteroatoms. The Balaban J connectivity index is 1.70. The lowest BCUT2D eigenvalue weighted by molar-refractivity contribution is -0.139. The van der Waals surface area contributed by atoms with Crippen molar-refractivity contribution < 1.29 is 27.3 Å². The third kappa shape index (κ3) is 4.69. The van der Waals surface area contributed by atoms with Crippen LogP contribution in [0.5, 0.6) is 0 Å². The first kappa shape index (κ1) is 23.9. The van der Waals surface area contributed by atoms with Gasteiger partial charge in [0.05, 0.1) is 4.90 Å². The van der Waals surface area contributed by atoms with Crippen LogP contribution in [-0.4, -0.2) is 35.7 Å². The summed E-state index contributed by atoms with van der Waals surface area (Å²) in [5.74, 6) is -0.246. The minimum Gasteiger partial charge on any atom is -0.480 e. The standard InChI is InChI=1S/C24H27N3O6S/c1-13(2)10-18(22(28)29)27-34(30,31)15-7-9-19-17(12-15)16-8-6-14(11-20(16)32-19)21-25-23(33-26-21)24(3,4)5/h6-9,11-13,18,27H,10H2,1-5H3,(H,28,29)/t18-/m0/s1. The number of hydrogen-bond donors (Lipinski definition) is 2. The van der Waals surface area contributed by atoms with E-state index in [1.807, 2.05) is 46.8 Å². The van der Waals surface area contributed by atoms with Crippen molar-refractivity contribution >= 4 is 37.9 Å². The summed E-state index contributed by atoms with van der Waals surface area (Å²) in [7, 11) is -4.06. The molecule has 2 aromatic heterocycles. The number of rotatable bonds is 7. The number of nitrogens with one attached hydrogen (secondary N) is 1. The van der Waals surface area contributed by atoms with E-state index in [2.05, 4.69) is 14.9 Å². The molecule has 0 aliphatic rings. The molecule has 34 heavy (non-hydrogen) atoms. The molecular formula is C24H27N3O6S. The van der Waals surface area contributed by atoms with Gasteiger partial charge in [0, 0.05) is 21.8 Å². The fraction of sp³-hybridized carbons (Fsp3) is 0.375. The maximum Gasteiger partial charge on any atom is 0.321 e. The summed E-state index contributed by atoms with van der Waals surface area (Å²) >= 11 is 0. The highest BCUT2D eigenvalue weighted by molar-refractivity contribution is 7.89. The van der Waals surface area contributed by atoms with Crippen molar-refractivity contribution in [3.63, 3.8) is 0 Å². The maximum absolute atomic E-state index is 12.9. The average Bonchev–Trinajstić information content (AvgIpc) is 3.36. The van der Waals surface area contributed by atoms with Crippen LogP contribution < -0.4 is 4.72 Å².